The van der Waals surface area contributed by atoms with Crippen molar-refractivity contribution in [3.8, 4) is 0 Å². The second kappa shape index (κ2) is 8.88. The fourth-order valence-electron chi connectivity index (χ4n) is 4.47. The van der Waals surface area contributed by atoms with Crippen molar-refractivity contribution in [2.75, 3.05) is 46.3 Å². The Labute approximate surface area is 167 Å². The number of amides is 1. The van der Waals surface area contributed by atoms with Gasteiger partial charge in [0, 0.05) is 44.7 Å². The number of carbonyl (C=O) groups is 2. The minimum absolute atomic E-state index is 0.0371. The molecule has 0 aliphatic carbocycles. The van der Waals surface area contributed by atoms with Crippen LogP contribution in [0.2, 0.25) is 0 Å². The molecule has 1 spiro atoms. The number of likely N-dealkylation sites (tertiary alicyclic amines) is 1. The molecule has 0 bridgehead atoms. The molecule has 2 fully saturated rings. The number of piperazine rings is 1. The highest BCUT2D eigenvalue weighted by atomic mass is 16.4. The van der Waals surface area contributed by atoms with Gasteiger partial charge in [-0.05, 0) is 32.4 Å². The van der Waals surface area contributed by atoms with Gasteiger partial charge in [0.1, 0.15) is 6.54 Å². The number of aliphatic carboxylic acids is 1. The summed E-state index contributed by atoms with van der Waals surface area (Å²) in [4.78, 5) is 29.8. The van der Waals surface area contributed by atoms with Crippen molar-refractivity contribution in [2.24, 2.45) is 0 Å². The number of hydrogen-bond donors (Lipinski definition) is 1. The molecule has 2 aliphatic heterocycles. The van der Waals surface area contributed by atoms with Gasteiger partial charge in [-0.2, -0.15) is 0 Å². The van der Waals surface area contributed by atoms with Gasteiger partial charge in [-0.3, -0.25) is 19.4 Å². The first kappa shape index (κ1) is 20.6. The van der Waals surface area contributed by atoms with E-state index in [0.717, 1.165) is 39.0 Å². The maximum Gasteiger partial charge on any atom is 0.323 e. The van der Waals surface area contributed by atoms with Crippen molar-refractivity contribution < 1.29 is 14.7 Å². The van der Waals surface area contributed by atoms with Crippen LogP contribution in [0.1, 0.15) is 31.7 Å². The van der Waals surface area contributed by atoms with Gasteiger partial charge in [-0.1, -0.05) is 42.0 Å². The van der Waals surface area contributed by atoms with Gasteiger partial charge in [0.2, 0.25) is 5.91 Å². The van der Waals surface area contributed by atoms with Crippen molar-refractivity contribution in [1.82, 2.24) is 14.7 Å². The SMILES string of the molecule is C/C(=C\c1ccccc1)CN1CCN(C)C2(CCC(=O)N(CC(=O)O)CC2)C1. The van der Waals surface area contributed by atoms with Crippen LogP contribution in [0.4, 0.5) is 0 Å². The van der Waals surface area contributed by atoms with Crippen LogP contribution < -0.4 is 0 Å². The number of carboxylic acid groups (broad SMARTS) is 1. The summed E-state index contributed by atoms with van der Waals surface area (Å²) in [6.07, 6.45) is 4.26. The van der Waals surface area contributed by atoms with Crippen molar-refractivity contribution in [1.29, 1.82) is 0 Å². The molecule has 28 heavy (non-hydrogen) atoms. The summed E-state index contributed by atoms with van der Waals surface area (Å²) in [5, 5.41) is 9.07. The summed E-state index contributed by atoms with van der Waals surface area (Å²) in [6, 6.07) is 10.4. The van der Waals surface area contributed by atoms with Gasteiger partial charge in [0.05, 0.1) is 0 Å². The van der Waals surface area contributed by atoms with E-state index < -0.39 is 5.97 Å². The molecule has 1 atom stereocenters. The summed E-state index contributed by atoms with van der Waals surface area (Å²) < 4.78 is 0. The van der Waals surface area contributed by atoms with Crippen LogP contribution in [0.25, 0.3) is 6.08 Å². The first-order valence-corrected chi connectivity index (χ1v) is 10.0. The molecular weight excluding hydrogens is 354 g/mol. The number of carboxylic acids is 1. The Morgan fingerprint density at radius 2 is 1.89 bits per heavy atom. The fourth-order valence-corrected chi connectivity index (χ4v) is 4.47. The molecule has 1 aromatic rings. The smallest absolute Gasteiger partial charge is 0.323 e. The monoisotopic (exact) mass is 385 g/mol. The Hall–Kier alpha value is -2.18. The quantitative estimate of drug-likeness (QED) is 0.842. The Kier molecular flexibility index (Phi) is 6.52. The molecule has 0 saturated carbocycles. The number of nitrogens with zero attached hydrogens (tertiary/aromatic N) is 3. The van der Waals surface area contributed by atoms with Crippen molar-refractivity contribution >= 4 is 18.0 Å². The molecule has 3 rings (SSSR count). The molecule has 2 aliphatic rings. The normalized spacial score (nSPS) is 25.1. The van der Waals surface area contributed by atoms with Crippen LogP contribution in [0.3, 0.4) is 0 Å². The largest absolute Gasteiger partial charge is 0.480 e. The van der Waals surface area contributed by atoms with Gasteiger partial charge >= 0.3 is 5.97 Å². The highest BCUT2D eigenvalue weighted by Gasteiger charge is 2.42. The maximum absolute atomic E-state index is 12.4. The zero-order chi connectivity index (χ0) is 20.1. The molecule has 1 aromatic carbocycles. The highest BCUT2D eigenvalue weighted by Crippen LogP contribution is 2.32. The van der Waals surface area contributed by atoms with E-state index in [2.05, 4.69) is 54.1 Å². The molecule has 2 heterocycles. The van der Waals surface area contributed by atoms with Crippen molar-refractivity contribution in [3.05, 3.63) is 41.5 Å². The lowest BCUT2D eigenvalue weighted by molar-refractivity contribution is -0.144. The lowest BCUT2D eigenvalue weighted by atomic mass is 9.86. The third kappa shape index (κ3) is 5.00. The van der Waals surface area contributed by atoms with E-state index in [9.17, 15) is 9.59 Å². The second-order valence-electron chi connectivity index (χ2n) is 8.22. The molecule has 6 nitrogen and oxygen atoms in total. The summed E-state index contributed by atoms with van der Waals surface area (Å²) in [5.74, 6) is -0.977. The van der Waals surface area contributed by atoms with Crippen LogP contribution in [0.15, 0.2) is 35.9 Å². The van der Waals surface area contributed by atoms with E-state index in [-0.39, 0.29) is 18.0 Å². The average Bonchev–Trinajstić information content (AvgIpc) is 2.80. The van der Waals surface area contributed by atoms with Crippen molar-refractivity contribution in [2.45, 2.75) is 31.7 Å². The predicted octanol–water partition coefficient (Wildman–Crippen LogP) is 2.17. The van der Waals surface area contributed by atoms with Crippen LogP contribution >= 0.6 is 0 Å². The summed E-state index contributed by atoms with van der Waals surface area (Å²) in [5.41, 5.74) is 2.48. The summed E-state index contributed by atoms with van der Waals surface area (Å²) in [7, 11) is 2.14. The molecule has 1 N–H and O–H groups in total. The molecule has 0 radical (unpaired) electrons. The van der Waals surface area contributed by atoms with Gasteiger partial charge in [-0.25, -0.2) is 0 Å². The van der Waals surface area contributed by atoms with E-state index in [1.54, 1.807) is 0 Å². The zero-order valence-corrected chi connectivity index (χ0v) is 16.9. The molecule has 6 heteroatoms. The molecule has 0 aromatic heterocycles. The fraction of sp³-hybridized carbons (Fsp3) is 0.545. The van der Waals surface area contributed by atoms with E-state index in [1.165, 1.54) is 16.0 Å². The summed E-state index contributed by atoms with van der Waals surface area (Å²) in [6.45, 7) is 6.29. The summed E-state index contributed by atoms with van der Waals surface area (Å²) >= 11 is 0. The Morgan fingerprint density at radius 3 is 2.61 bits per heavy atom. The predicted molar refractivity (Wildman–Crippen MR) is 110 cm³/mol. The lowest BCUT2D eigenvalue weighted by Crippen LogP contribution is -2.61. The van der Waals surface area contributed by atoms with Gasteiger partial charge in [-0.15, -0.1) is 0 Å². The number of rotatable bonds is 5. The van der Waals surface area contributed by atoms with Gasteiger partial charge in [0.15, 0.2) is 0 Å². The lowest BCUT2D eigenvalue weighted by Gasteiger charge is -2.49. The number of likely N-dealkylation sites (N-methyl/N-ethyl adjacent to an activating group) is 1. The van der Waals surface area contributed by atoms with E-state index in [0.29, 0.717) is 13.0 Å². The van der Waals surface area contributed by atoms with Crippen molar-refractivity contribution in [3.63, 3.8) is 0 Å². The third-order valence-electron chi connectivity index (χ3n) is 6.10. The van der Waals surface area contributed by atoms with Crippen LogP contribution in [-0.2, 0) is 9.59 Å². The minimum Gasteiger partial charge on any atom is -0.480 e. The van der Waals surface area contributed by atoms with E-state index in [4.69, 9.17) is 5.11 Å². The standard InChI is InChI=1S/C22H31N3O3/c1-18(14-19-6-4-3-5-7-19)15-24-13-12-23(2)22(17-24)9-8-20(26)25(11-10-22)16-21(27)28/h3-7,14H,8-13,15-17H2,1-2H3,(H,27,28)/b18-14+. The molecule has 1 amide bonds. The maximum atomic E-state index is 12.4. The Morgan fingerprint density at radius 1 is 1.14 bits per heavy atom. The number of carbonyl (C=O) groups excluding carboxylic acids is 1. The van der Waals surface area contributed by atoms with Crippen LogP contribution in [-0.4, -0.2) is 83.5 Å². The minimum atomic E-state index is -0.940. The van der Waals surface area contributed by atoms with Crippen LogP contribution in [0.5, 0.6) is 0 Å². The second-order valence-corrected chi connectivity index (χ2v) is 8.22. The topological polar surface area (TPSA) is 64.1 Å². The van der Waals surface area contributed by atoms with E-state index >= 15 is 0 Å². The zero-order valence-electron chi connectivity index (χ0n) is 16.9. The third-order valence-corrected chi connectivity index (χ3v) is 6.10. The number of benzene rings is 1. The van der Waals surface area contributed by atoms with Gasteiger partial charge in [0.25, 0.3) is 0 Å². The molecule has 2 saturated heterocycles. The van der Waals surface area contributed by atoms with Crippen LogP contribution in [0, 0.1) is 0 Å². The molecule has 152 valence electrons. The first-order chi connectivity index (χ1) is 13.4. The Bertz CT molecular complexity index is 734. The number of hydrogen-bond acceptors (Lipinski definition) is 4. The first-order valence-electron chi connectivity index (χ1n) is 10.0. The molecular formula is C22H31N3O3. The average molecular weight is 386 g/mol. The highest BCUT2D eigenvalue weighted by molar-refractivity contribution is 5.81. The van der Waals surface area contributed by atoms with E-state index in [1.807, 2.05) is 6.07 Å². The van der Waals surface area contributed by atoms with Gasteiger partial charge < -0.3 is 10.0 Å². The molecule has 1 unspecified atom stereocenters. The Balaban J connectivity index is 1.67.